The van der Waals surface area contributed by atoms with Crippen LogP contribution in [-0.2, 0) is 31.9 Å². The number of unbranched alkanes of at least 4 members (excludes halogenated alkanes) is 3. The van der Waals surface area contributed by atoms with Crippen molar-refractivity contribution >= 4 is 43.3 Å². The van der Waals surface area contributed by atoms with Gasteiger partial charge in [0.15, 0.2) is 12.1 Å². The minimum absolute atomic E-state index is 0.0329. The minimum atomic E-state index is -4.94. The van der Waals surface area contributed by atoms with Gasteiger partial charge in [-0.05, 0) is 38.2 Å². The third kappa shape index (κ3) is 12.0. The molecule has 2 fully saturated rings. The summed E-state index contributed by atoms with van der Waals surface area (Å²) >= 11 is 1.87. The van der Waals surface area contributed by atoms with Crippen molar-refractivity contribution in [2.45, 2.75) is 107 Å². The number of nitrogens with one attached hydrogen (secondary N) is 4. The Bertz CT molecular complexity index is 1460. The van der Waals surface area contributed by atoms with E-state index in [0.29, 0.717) is 30.5 Å². The van der Waals surface area contributed by atoms with E-state index in [1.165, 1.54) is 0 Å². The molecule has 0 bridgehead atoms. The number of nitrogens with zero attached hydrogens (tertiary/aromatic N) is 4. The molecule has 1 aromatic rings. The summed E-state index contributed by atoms with van der Waals surface area (Å²) in [6, 6.07) is -0.684. The van der Waals surface area contributed by atoms with Gasteiger partial charge in [0.25, 0.3) is 0 Å². The number of thioether (sulfide) groups is 1. The summed E-state index contributed by atoms with van der Waals surface area (Å²) in [7, 11) is -4.94. The molecule has 1 aromatic heterocycles. The number of nitrogens with two attached hydrogens (primary N) is 2. The number of aliphatic hydroxyl groups excluding tert-OH is 2. The highest BCUT2D eigenvalue weighted by Crippen LogP contribution is 2.49. The molecule has 22 heteroatoms. The Labute approximate surface area is 299 Å². The van der Waals surface area contributed by atoms with E-state index in [2.05, 4.69) is 36.6 Å². The van der Waals surface area contributed by atoms with Gasteiger partial charge >= 0.3 is 19.7 Å². The molecule has 4 rings (SSSR count). The Morgan fingerprint density at radius 2 is 2.00 bits per heavy atom. The number of rotatable bonds is 19. The number of aliphatic imine (C=N–C) groups is 1. The van der Waals surface area contributed by atoms with Crippen molar-refractivity contribution in [1.82, 2.24) is 36.3 Å². The van der Waals surface area contributed by atoms with Gasteiger partial charge in [-0.3, -0.25) is 14.0 Å². The van der Waals surface area contributed by atoms with Gasteiger partial charge < -0.3 is 62.2 Å². The zero-order valence-corrected chi connectivity index (χ0v) is 30.0. The molecule has 3 aliphatic rings. The molecule has 2 saturated heterocycles. The van der Waals surface area contributed by atoms with Gasteiger partial charge in [0.1, 0.15) is 17.9 Å². The molecule has 0 aliphatic carbocycles. The van der Waals surface area contributed by atoms with Crippen LogP contribution in [0.25, 0.3) is 0 Å². The zero-order chi connectivity index (χ0) is 37.1. The maximum Gasteiger partial charge on any atom is 0.407 e. The SMILES string of the molecule is C[C@H]1[C@H]([C@H](OC(=O)NCc2cn(CCCCCNC(=O)CCCCC3SC[C@@H]4NC(=O)N[C@H]34)nn2)[C@H](O)CO)OC(P(=O)(O)O)=C[C@@H]1N=C(N)N. The lowest BCUT2D eigenvalue weighted by molar-refractivity contribution is -0.121. The number of aryl methyl sites for hydroxylation is 1. The molecule has 1 unspecified atom stereocenters. The lowest BCUT2D eigenvalue weighted by Gasteiger charge is -2.39. The van der Waals surface area contributed by atoms with Crippen LogP contribution < -0.4 is 32.7 Å². The number of carbonyl (C=O) groups is 3. The highest BCUT2D eigenvalue weighted by atomic mass is 32.2. The average Bonchev–Trinajstić information content (AvgIpc) is 3.79. The van der Waals surface area contributed by atoms with E-state index in [9.17, 15) is 38.9 Å². The van der Waals surface area contributed by atoms with Crippen LogP contribution in [0.4, 0.5) is 9.59 Å². The Morgan fingerprint density at radius 1 is 1.22 bits per heavy atom. The highest BCUT2D eigenvalue weighted by molar-refractivity contribution is 8.00. The van der Waals surface area contributed by atoms with Crippen molar-refractivity contribution in [2.24, 2.45) is 22.4 Å². The number of carbonyl (C=O) groups excluding carboxylic acids is 3. The monoisotopic (exact) mass is 760 g/mol. The number of aromatic nitrogens is 3. The molecular weight excluding hydrogens is 711 g/mol. The Hall–Kier alpha value is -3.62. The molecule has 0 saturated carbocycles. The molecule has 20 nitrogen and oxygen atoms in total. The summed E-state index contributed by atoms with van der Waals surface area (Å²) in [4.78, 5) is 59.8. The third-order valence-corrected chi connectivity index (χ3v) is 11.1. The van der Waals surface area contributed by atoms with Crippen LogP contribution in [0.15, 0.2) is 22.8 Å². The minimum Gasteiger partial charge on any atom is -0.478 e. The third-order valence-electron chi connectivity index (χ3n) is 8.81. The molecule has 4 amide bonds. The van der Waals surface area contributed by atoms with Crippen LogP contribution in [0, 0.1) is 5.92 Å². The van der Waals surface area contributed by atoms with Gasteiger partial charge in [-0.1, -0.05) is 18.6 Å². The Morgan fingerprint density at radius 3 is 2.73 bits per heavy atom. The number of hydrogen-bond donors (Lipinski definition) is 10. The maximum atomic E-state index is 12.7. The molecule has 51 heavy (non-hydrogen) atoms. The van der Waals surface area contributed by atoms with Gasteiger partial charge in [0, 0.05) is 36.4 Å². The molecule has 4 heterocycles. The number of guanidine groups is 1. The van der Waals surface area contributed by atoms with Crippen molar-refractivity contribution in [3.8, 4) is 0 Å². The van der Waals surface area contributed by atoms with E-state index in [-0.39, 0.29) is 36.5 Å². The van der Waals surface area contributed by atoms with Gasteiger partial charge in [-0.25, -0.2) is 14.6 Å². The lowest BCUT2D eigenvalue weighted by Crippen LogP contribution is -2.52. The summed E-state index contributed by atoms with van der Waals surface area (Å²) in [5.41, 5.74) is 10.6. The van der Waals surface area contributed by atoms with E-state index < -0.39 is 56.1 Å². The predicted octanol–water partition coefficient (Wildman–Crippen LogP) is -1.07. The van der Waals surface area contributed by atoms with Crippen molar-refractivity contribution in [3.63, 3.8) is 0 Å². The number of ether oxygens (including phenoxy) is 2. The number of aliphatic hydroxyl groups is 2. The van der Waals surface area contributed by atoms with Crippen molar-refractivity contribution in [2.75, 3.05) is 18.9 Å². The van der Waals surface area contributed by atoms with Crippen LogP contribution in [0.2, 0.25) is 0 Å². The largest absolute Gasteiger partial charge is 0.478 e. The van der Waals surface area contributed by atoms with E-state index in [1.807, 2.05) is 11.8 Å². The van der Waals surface area contributed by atoms with Crippen LogP contribution in [0.1, 0.15) is 57.6 Å². The van der Waals surface area contributed by atoms with Crippen LogP contribution in [0.3, 0.4) is 0 Å². The average molecular weight is 761 g/mol. The van der Waals surface area contributed by atoms with Crippen LogP contribution >= 0.6 is 19.4 Å². The van der Waals surface area contributed by atoms with E-state index in [1.54, 1.807) is 17.8 Å². The summed E-state index contributed by atoms with van der Waals surface area (Å²) in [5, 5.41) is 39.9. The fraction of sp³-hybridized carbons (Fsp3) is 0.724. The molecule has 286 valence electrons. The van der Waals surface area contributed by atoms with Crippen molar-refractivity contribution in [1.29, 1.82) is 0 Å². The second kappa shape index (κ2) is 18.7. The Kier molecular flexibility index (Phi) is 14.8. The zero-order valence-electron chi connectivity index (χ0n) is 28.3. The smallest absolute Gasteiger partial charge is 0.407 e. The van der Waals surface area contributed by atoms with E-state index in [0.717, 1.165) is 50.4 Å². The number of alkyl carbamates (subject to hydrolysis) is 1. The first kappa shape index (κ1) is 40.2. The molecule has 0 spiro atoms. The molecular formula is C29H49N10O10PS. The molecule has 3 aliphatic heterocycles. The predicted molar refractivity (Wildman–Crippen MR) is 185 cm³/mol. The molecule has 12 N–H and O–H groups in total. The lowest BCUT2D eigenvalue weighted by atomic mass is 9.88. The summed E-state index contributed by atoms with van der Waals surface area (Å²) in [6.07, 6.45) is 2.72. The molecule has 8 atom stereocenters. The number of hydrogen-bond acceptors (Lipinski definition) is 12. The maximum absolute atomic E-state index is 12.7. The second-order valence-electron chi connectivity index (χ2n) is 12.8. The fourth-order valence-corrected chi connectivity index (χ4v) is 8.28. The van der Waals surface area contributed by atoms with Crippen LogP contribution in [-0.4, -0.2) is 120 Å². The van der Waals surface area contributed by atoms with E-state index in [4.69, 9.17) is 20.9 Å². The number of amides is 4. The number of fused-ring (bicyclic) bond motifs is 1. The van der Waals surface area contributed by atoms with Crippen molar-refractivity contribution < 1.29 is 48.4 Å². The first-order valence-corrected chi connectivity index (χ1v) is 19.5. The normalized spacial score (nSPS) is 25.4. The summed E-state index contributed by atoms with van der Waals surface area (Å²) in [5.74, 6) is -0.153. The summed E-state index contributed by atoms with van der Waals surface area (Å²) < 4.78 is 24.4. The van der Waals surface area contributed by atoms with Gasteiger partial charge in [-0.15, -0.1) is 5.10 Å². The topological polar surface area (TPSA) is 311 Å². The van der Waals surface area contributed by atoms with E-state index >= 15 is 0 Å². The molecule has 0 aromatic carbocycles. The highest BCUT2D eigenvalue weighted by Gasteiger charge is 2.46. The quantitative estimate of drug-likeness (QED) is 0.0264. The second-order valence-corrected chi connectivity index (χ2v) is 15.6. The molecule has 0 radical (unpaired) electrons. The first-order valence-electron chi connectivity index (χ1n) is 16.9. The summed E-state index contributed by atoms with van der Waals surface area (Å²) in [6.45, 7) is 1.77. The first-order chi connectivity index (χ1) is 24.2. The standard InChI is InChI=1S/C29H49N10O10PS/c1-16-18(34-27(30)31)11-23(50(45,46)47)48-25(16)26(20(41)14-40)49-29(44)33-12-17-13-39(38-37-17)10-6-2-5-9-32-22(42)8-4-3-7-21-24-19(15-51-21)35-28(43)36-24/h11,13,16,18-21,24-26,40-41H,2-10,12,14-15H2,1H3,(H,32,42)(H,33,44)(H4,30,31,34)(H2,35,36,43)(H2,45,46,47)/t16-,18+,19+,20-,21?,24+,25-,26-/m1/s1. The van der Waals surface area contributed by atoms with Crippen molar-refractivity contribution in [3.05, 3.63) is 23.5 Å². The van der Waals surface area contributed by atoms with Gasteiger partial charge in [-0.2, -0.15) is 11.8 Å². The fourth-order valence-electron chi connectivity index (χ4n) is 6.13. The van der Waals surface area contributed by atoms with Gasteiger partial charge in [0.2, 0.25) is 11.4 Å². The van der Waals surface area contributed by atoms with Gasteiger partial charge in [0.05, 0.1) is 37.5 Å². The number of urea groups is 1. The van der Waals surface area contributed by atoms with Crippen LogP contribution in [0.5, 0.6) is 0 Å². The Balaban J connectivity index is 1.12.